The van der Waals surface area contributed by atoms with Gasteiger partial charge < -0.3 is 4.74 Å². The summed E-state index contributed by atoms with van der Waals surface area (Å²) in [6.45, 7) is 1.79. The predicted octanol–water partition coefficient (Wildman–Crippen LogP) is 5.37. The van der Waals surface area contributed by atoms with Crippen LogP contribution in [0.5, 0.6) is 11.5 Å². The summed E-state index contributed by atoms with van der Waals surface area (Å²) >= 11 is 5.94. The molecular weight excluding hydrogens is 323 g/mol. The zero-order valence-electron chi connectivity index (χ0n) is 11.1. The second-order valence-electron chi connectivity index (χ2n) is 4.47. The maximum atomic E-state index is 12.6. The molecule has 0 atom stereocenters. The van der Waals surface area contributed by atoms with Gasteiger partial charge in [0.15, 0.2) is 0 Å². The fourth-order valence-corrected chi connectivity index (χ4v) is 2.00. The highest BCUT2D eigenvalue weighted by Crippen LogP contribution is 2.39. The van der Waals surface area contributed by atoms with Crippen LogP contribution in [0.4, 0.5) is 18.9 Å². The predicted molar refractivity (Wildman–Crippen MR) is 74.4 cm³/mol. The third-order valence-corrected chi connectivity index (χ3v) is 3.09. The molecule has 0 amide bonds. The van der Waals surface area contributed by atoms with Crippen LogP contribution in [-0.2, 0) is 6.18 Å². The lowest BCUT2D eigenvalue weighted by atomic mass is 10.2. The molecule has 0 radical (unpaired) electrons. The van der Waals surface area contributed by atoms with Gasteiger partial charge in [0, 0.05) is 6.07 Å². The highest BCUT2D eigenvalue weighted by atomic mass is 35.5. The molecule has 2 aromatic carbocycles. The minimum atomic E-state index is -4.68. The van der Waals surface area contributed by atoms with Gasteiger partial charge in [-0.1, -0.05) is 17.7 Å². The summed E-state index contributed by atoms with van der Waals surface area (Å²) in [7, 11) is 0. The highest BCUT2D eigenvalue weighted by molar-refractivity contribution is 6.32. The summed E-state index contributed by atoms with van der Waals surface area (Å²) in [6.07, 6.45) is -4.68. The summed E-state index contributed by atoms with van der Waals surface area (Å²) in [5, 5.41) is 11.2. The van der Waals surface area contributed by atoms with Crippen molar-refractivity contribution in [3.63, 3.8) is 0 Å². The Balaban J connectivity index is 2.44. The molecule has 0 saturated carbocycles. The second-order valence-corrected chi connectivity index (χ2v) is 4.88. The highest BCUT2D eigenvalue weighted by Gasteiger charge is 2.33. The molecule has 0 N–H and O–H groups in total. The summed E-state index contributed by atoms with van der Waals surface area (Å²) in [4.78, 5) is 10.0. The first-order chi connectivity index (χ1) is 10.2. The first-order valence-electron chi connectivity index (χ1n) is 5.98. The first-order valence-corrected chi connectivity index (χ1v) is 6.36. The molecule has 0 aromatic heterocycles. The van der Waals surface area contributed by atoms with Crippen molar-refractivity contribution in [2.24, 2.45) is 0 Å². The number of hydrogen-bond donors (Lipinski definition) is 0. The number of halogens is 4. The van der Waals surface area contributed by atoms with Gasteiger partial charge in [-0.15, -0.1) is 0 Å². The van der Waals surface area contributed by atoms with Crippen LogP contribution >= 0.6 is 11.6 Å². The van der Waals surface area contributed by atoms with Gasteiger partial charge in [0.1, 0.15) is 5.75 Å². The second kappa shape index (κ2) is 5.84. The fourth-order valence-electron chi connectivity index (χ4n) is 1.73. The molecular formula is C14H9ClF3NO3. The zero-order chi connectivity index (χ0) is 16.5. The average molecular weight is 332 g/mol. The molecule has 0 saturated heterocycles. The minimum Gasteiger partial charge on any atom is -0.449 e. The van der Waals surface area contributed by atoms with Crippen LogP contribution in [0.1, 0.15) is 11.1 Å². The summed E-state index contributed by atoms with van der Waals surface area (Å²) in [5.74, 6) is -0.195. The number of ether oxygens (including phenoxy) is 1. The summed E-state index contributed by atoms with van der Waals surface area (Å²) < 4.78 is 43.1. The van der Waals surface area contributed by atoms with Crippen LogP contribution < -0.4 is 4.74 Å². The van der Waals surface area contributed by atoms with Crippen LogP contribution in [0.3, 0.4) is 0 Å². The van der Waals surface area contributed by atoms with Gasteiger partial charge in [-0.25, -0.2) is 0 Å². The molecule has 0 fully saturated rings. The third-order valence-electron chi connectivity index (χ3n) is 2.79. The van der Waals surface area contributed by atoms with Crippen molar-refractivity contribution in [1.29, 1.82) is 0 Å². The van der Waals surface area contributed by atoms with E-state index in [0.717, 1.165) is 11.6 Å². The van der Waals surface area contributed by atoms with Crippen LogP contribution in [0.2, 0.25) is 5.02 Å². The Morgan fingerprint density at radius 3 is 2.32 bits per heavy atom. The average Bonchev–Trinajstić information content (AvgIpc) is 2.40. The smallest absolute Gasteiger partial charge is 0.416 e. The first kappa shape index (κ1) is 16.1. The van der Waals surface area contributed by atoms with Gasteiger partial charge in [0.05, 0.1) is 15.5 Å². The van der Waals surface area contributed by atoms with Crippen molar-refractivity contribution in [3.05, 3.63) is 62.7 Å². The van der Waals surface area contributed by atoms with E-state index in [1.54, 1.807) is 19.1 Å². The van der Waals surface area contributed by atoms with E-state index in [9.17, 15) is 23.3 Å². The number of rotatable bonds is 3. The van der Waals surface area contributed by atoms with E-state index in [4.69, 9.17) is 16.3 Å². The molecule has 0 aliphatic carbocycles. The monoisotopic (exact) mass is 331 g/mol. The van der Waals surface area contributed by atoms with Crippen molar-refractivity contribution in [3.8, 4) is 11.5 Å². The molecule has 0 aliphatic rings. The number of benzene rings is 2. The molecule has 2 rings (SSSR count). The summed E-state index contributed by atoms with van der Waals surface area (Å²) in [6, 6.07) is 6.77. The van der Waals surface area contributed by atoms with Crippen LogP contribution in [0.15, 0.2) is 36.4 Å². The van der Waals surface area contributed by atoms with Crippen molar-refractivity contribution >= 4 is 17.3 Å². The number of nitro benzene ring substituents is 1. The number of nitro groups is 1. The number of hydrogen-bond acceptors (Lipinski definition) is 3. The van der Waals surface area contributed by atoms with Crippen LogP contribution in [0.25, 0.3) is 0 Å². The van der Waals surface area contributed by atoms with Crippen molar-refractivity contribution in [2.45, 2.75) is 13.1 Å². The Kier molecular flexibility index (Phi) is 4.27. The molecule has 0 bridgehead atoms. The number of nitrogens with zero attached hydrogens (tertiary/aromatic N) is 1. The van der Waals surface area contributed by atoms with E-state index in [1.165, 1.54) is 6.07 Å². The normalized spacial score (nSPS) is 11.3. The van der Waals surface area contributed by atoms with E-state index in [-0.39, 0.29) is 16.5 Å². The summed E-state index contributed by atoms with van der Waals surface area (Å²) in [5.41, 5.74) is -1.06. The van der Waals surface area contributed by atoms with Gasteiger partial charge in [-0.2, -0.15) is 13.2 Å². The molecule has 116 valence electrons. The maximum Gasteiger partial charge on any atom is 0.416 e. The van der Waals surface area contributed by atoms with Crippen molar-refractivity contribution in [2.75, 3.05) is 0 Å². The quantitative estimate of drug-likeness (QED) is 0.561. The van der Waals surface area contributed by atoms with E-state index in [1.807, 2.05) is 0 Å². The Labute approximate surface area is 128 Å². The van der Waals surface area contributed by atoms with E-state index >= 15 is 0 Å². The van der Waals surface area contributed by atoms with Gasteiger partial charge in [0.25, 0.3) is 0 Å². The molecule has 8 heteroatoms. The van der Waals surface area contributed by atoms with Crippen molar-refractivity contribution in [1.82, 2.24) is 0 Å². The van der Waals surface area contributed by atoms with E-state index < -0.39 is 22.4 Å². The van der Waals surface area contributed by atoms with Gasteiger partial charge in [0.2, 0.25) is 5.75 Å². The van der Waals surface area contributed by atoms with E-state index in [2.05, 4.69) is 0 Å². The van der Waals surface area contributed by atoms with Crippen LogP contribution in [0, 0.1) is 17.0 Å². The topological polar surface area (TPSA) is 52.4 Å². The van der Waals surface area contributed by atoms with Crippen LogP contribution in [-0.4, -0.2) is 4.92 Å². The molecule has 2 aromatic rings. The lowest BCUT2D eigenvalue weighted by molar-refractivity contribution is -0.385. The Hall–Kier alpha value is -2.28. The number of aryl methyl sites for hydroxylation is 1. The van der Waals surface area contributed by atoms with E-state index in [0.29, 0.717) is 12.1 Å². The standard InChI is InChI=1S/C14H9ClF3NO3/c1-8-2-4-12(10(15)6-8)22-13-5-3-9(14(16,17)18)7-11(13)19(20)21/h2-7H,1H3. The fraction of sp³-hybridized carbons (Fsp3) is 0.143. The minimum absolute atomic E-state index is 0.120. The zero-order valence-corrected chi connectivity index (χ0v) is 11.9. The lowest BCUT2D eigenvalue weighted by Gasteiger charge is -2.11. The maximum absolute atomic E-state index is 12.6. The molecule has 0 spiro atoms. The lowest BCUT2D eigenvalue weighted by Crippen LogP contribution is -2.06. The molecule has 0 aliphatic heterocycles. The number of alkyl halides is 3. The third kappa shape index (κ3) is 3.48. The van der Waals surface area contributed by atoms with Gasteiger partial charge in [-0.3, -0.25) is 10.1 Å². The Morgan fingerprint density at radius 1 is 1.14 bits per heavy atom. The molecule has 22 heavy (non-hydrogen) atoms. The van der Waals surface area contributed by atoms with Gasteiger partial charge >= 0.3 is 11.9 Å². The molecule has 0 heterocycles. The van der Waals surface area contributed by atoms with Crippen molar-refractivity contribution < 1.29 is 22.8 Å². The molecule has 4 nitrogen and oxygen atoms in total. The Bertz CT molecular complexity index is 732. The van der Waals surface area contributed by atoms with Gasteiger partial charge in [-0.05, 0) is 36.8 Å². The Morgan fingerprint density at radius 2 is 1.77 bits per heavy atom. The SMILES string of the molecule is Cc1ccc(Oc2ccc(C(F)(F)F)cc2[N+](=O)[O-])c(Cl)c1. The largest absolute Gasteiger partial charge is 0.449 e. The molecule has 0 unspecified atom stereocenters.